The Morgan fingerprint density at radius 2 is 1.70 bits per heavy atom. The number of nitrogens with zero attached hydrogens (tertiary/aromatic N) is 1. The molecule has 1 amide bonds. The van der Waals surface area contributed by atoms with Crippen molar-refractivity contribution in [3.05, 3.63) is 134 Å². The number of aliphatic imine (C=N–C) groups is 1. The number of amides is 1. The first-order valence-electron chi connectivity index (χ1n) is 13.8. The van der Waals surface area contributed by atoms with Crippen LogP contribution in [0.3, 0.4) is 0 Å². The predicted octanol–water partition coefficient (Wildman–Crippen LogP) is 6.84. The Morgan fingerprint density at radius 3 is 2.42 bits per heavy atom. The lowest BCUT2D eigenvalue weighted by molar-refractivity contribution is -0.130. The summed E-state index contributed by atoms with van der Waals surface area (Å²) in [6, 6.07) is 30.1. The number of benzene rings is 4. The summed E-state index contributed by atoms with van der Waals surface area (Å²) < 4.78 is 13.1. The molecule has 43 heavy (non-hydrogen) atoms. The van der Waals surface area contributed by atoms with E-state index in [-0.39, 0.29) is 18.9 Å². The molecule has 2 atom stereocenters. The summed E-state index contributed by atoms with van der Waals surface area (Å²) in [7, 11) is 0. The van der Waals surface area contributed by atoms with Gasteiger partial charge in [-0.2, -0.15) is 0 Å². The van der Waals surface area contributed by atoms with Gasteiger partial charge in [-0.25, -0.2) is 10.4 Å². The van der Waals surface area contributed by atoms with Crippen LogP contribution in [-0.4, -0.2) is 35.7 Å². The number of aliphatic hydroxyl groups is 1. The summed E-state index contributed by atoms with van der Waals surface area (Å²) >= 11 is 15.9. The SMILES string of the molecule is O=C(NNCc1ccc(Cl)c(Cl)c1)[C@@]1(Cc2ccccc2)N=C(c2ccc(OCCCO)cc2)O[C@H]1c1ccccc1Br. The molecule has 1 aliphatic heterocycles. The van der Waals surface area contributed by atoms with E-state index in [2.05, 4.69) is 26.8 Å². The Balaban J connectivity index is 1.50. The van der Waals surface area contributed by atoms with Gasteiger partial charge in [0.1, 0.15) is 5.75 Å². The van der Waals surface area contributed by atoms with Crippen molar-refractivity contribution in [3.8, 4) is 5.75 Å². The second kappa shape index (κ2) is 14.4. The topological polar surface area (TPSA) is 92.2 Å². The third kappa shape index (κ3) is 7.40. The number of ether oxygens (including phenoxy) is 2. The second-order valence-corrected chi connectivity index (χ2v) is 11.7. The highest BCUT2D eigenvalue weighted by Gasteiger charge is 2.53. The van der Waals surface area contributed by atoms with Crippen molar-refractivity contribution in [1.29, 1.82) is 0 Å². The van der Waals surface area contributed by atoms with Crippen molar-refractivity contribution >= 4 is 50.9 Å². The Morgan fingerprint density at radius 1 is 0.953 bits per heavy atom. The van der Waals surface area contributed by atoms with Crippen LogP contribution in [0.1, 0.15) is 34.8 Å². The molecular weight excluding hydrogens is 653 g/mol. The number of carbonyl (C=O) groups is 1. The number of carbonyl (C=O) groups excluding carboxylic acids is 1. The predicted molar refractivity (Wildman–Crippen MR) is 172 cm³/mol. The maximum absolute atomic E-state index is 14.3. The Kier molecular flexibility index (Phi) is 10.4. The zero-order valence-electron chi connectivity index (χ0n) is 23.1. The molecule has 1 heterocycles. The molecule has 0 unspecified atom stereocenters. The van der Waals surface area contributed by atoms with Gasteiger partial charge in [0.15, 0.2) is 11.6 Å². The molecule has 0 spiro atoms. The summed E-state index contributed by atoms with van der Waals surface area (Å²) in [6.45, 7) is 0.791. The van der Waals surface area contributed by atoms with E-state index >= 15 is 0 Å². The molecule has 0 saturated heterocycles. The molecule has 0 saturated carbocycles. The Hall–Kier alpha value is -3.40. The van der Waals surface area contributed by atoms with Crippen LogP contribution in [0.2, 0.25) is 10.0 Å². The largest absolute Gasteiger partial charge is 0.494 e. The first kappa shape index (κ1) is 31.0. The lowest BCUT2D eigenvalue weighted by Gasteiger charge is -2.31. The maximum atomic E-state index is 14.3. The van der Waals surface area contributed by atoms with Crippen molar-refractivity contribution in [1.82, 2.24) is 10.9 Å². The fraction of sp³-hybridized carbons (Fsp3) is 0.212. The molecule has 4 aromatic carbocycles. The number of hydrazine groups is 1. The van der Waals surface area contributed by atoms with E-state index in [4.69, 9.17) is 42.8 Å². The normalized spacial score (nSPS) is 17.7. The van der Waals surface area contributed by atoms with Crippen LogP contribution >= 0.6 is 39.1 Å². The van der Waals surface area contributed by atoms with Crippen molar-refractivity contribution in [3.63, 3.8) is 0 Å². The molecule has 0 bridgehead atoms. The van der Waals surface area contributed by atoms with Crippen LogP contribution < -0.4 is 15.6 Å². The molecule has 0 radical (unpaired) electrons. The third-order valence-electron chi connectivity index (χ3n) is 7.01. The van der Waals surface area contributed by atoms with Gasteiger partial charge in [0.2, 0.25) is 5.90 Å². The van der Waals surface area contributed by atoms with Gasteiger partial charge in [0, 0.05) is 41.6 Å². The monoisotopic (exact) mass is 681 g/mol. The number of hydrogen-bond acceptors (Lipinski definition) is 6. The summed E-state index contributed by atoms with van der Waals surface area (Å²) in [4.78, 5) is 19.3. The molecule has 222 valence electrons. The quantitative estimate of drug-likeness (QED) is 0.112. The molecular formula is C33H30BrCl2N3O4. The number of hydrogen-bond donors (Lipinski definition) is 3. The maximum Gasteiger partial charge on any atom is 0.266 e. The van der Waals surface area contributed by atoms with E-state index in [1.807, 2.05) is 84.9 Å². The van der Waals surface area contributed by atoms with Crippen molar-refractivity contribution in [2.24, 2.45) is 4.99 Å². The minimum atomic E-state index is -1.36. The van der Waals surface area contributed by atoms with Gasteiger partial charge in [-0.3, -0.25) is 10.2 Å². The Labute approximate surface area is 269 Å². The van der Waals surface area contributed by atoms with Crippen molar-refractivity contribution in [2.45, 2.75) is 31.0 Å². The summed E-state index contributed by atoms with van der Waals surface area (Å²) in [5.41, 5.74) is 7.85. The van der Waals surface area contributed by atoms with E-state index in [0.717, 1.165) is 21.2 Å². The van der Waals surface area contributed by atoms with Gasteiger partial charge in [0.25, 0.3) is 5.91 Å². The van der Waals surface area contributed by atoms with E-state index in [0.29, 0.717) is 46.8 Å². The summed E-state index contributed by atoms with van der Waals surface area (Å²) in [5, 5.41) is 9.94. The fourth-order valence-electron chi connectivity index (χ4n) is 4.84. The Bertz CT molecular complexity index is 1590. The van der Waals surface area contributed by atoms with Crippen molar-refractivity contribution in [2.75, 3.05) is 13.2 Å². The minimum Gasteiger partial charge on any atom is -0.494 e. The van der Waals surface area contributed by atoms with Crippen LogP contribution in [0.15, 0.2) is 107 Å². The van der Waals surface area contributed by atoms with Crippen LogP contribution in [-0.2, 0) is 22.5 Å². The summed E-state index contributed by atoms with van der Waals surface area (Å²) in [6.07, 6.45) is 0.0819. The lowest BCUT2D eigenvalue weighted by atomic mass is 9.82. The molecule has 0 fully saturated rings. The van der Waals surface area contributed by atoms with Crippen LogP contribution in [0.5, 0.6) is 5.75 Å². The highest BCUT2D eigenvalue weighted by Crippen LogP contribution is 2.44. The van der Waals surface area contributed by atoms with Gasteiger partial charge in [-0.05, 0) is 53.6 Å². The van der Waals surface area contributed by atoms with Gasteiger partial charge < -0.3 is 14.6 Å². The van der Waals surface area contributed by atoms with Gasteiger partial charge in [-0.15, -0.1) is 0 Å². The zero-order chi connectivity index (χ0) is 30.2. The molecule has 1 aliphatic rings. The first-order valence-corrected chi connectivity index (χ1v) is 15.3. The average Bonchev–Trinajstić information content (AvgIpc) is 3.40. The number of rotatable bonds is 12. The zero-order valence-corrected chi connectivity index (χ0v) is 26.2. The second-order valence-electron chi connectivity index (χ2n) is 10.0. The van der Waals surface area contributed by atoms with E-state index in [1.54, 1.807) is 12.1 Å². The highest BCUT2D eigenvalue weighted by atomic mass is 79.9. The molecule has 5 rings (SSSR count). The van der Waals surface area contributed by atoms with E-state index in [1.165, 1.54) is 0 Å². The molecule has 4 aromatic rings. The first-order chi connectivity index (χ1) is 20.9. The van der Waals surface area contributed by atoms with Crippen LogP contribution in [0.25, 0.3) is 0 Å². The van der Waals surface area contributed by atoms with Gasteiger partial charge >= 0.3 is 0 Å². The highest BCUT2D eigenvalue weighted by molar-refractivity contribution is 9.10. The van der Waals surface area contributed by atoms with Gasteiger partial charge in [-0.1, -0.05) is 93.7 Å². The summed E-state index contributed by atoms with van der Waals surface area (Å²) in [5.74, 6) is 0.660. The fourth-order valence-corrected chi connectivity index (χ4v) is 5.65. The molecule has 3 N–H and O–H groups in total. The van der Waals surface area contributed by atoms with Gasteiger partial charge in [0.05, 0.1) is 16.7 Å². The molecule has 10 heteroatoms. The number of nitrogens with one attached hydrogen (secondary N) is 2. The standard InChI is InChI=1S/C33H30BrCl2N3O4/c34-27-10-5-4-9-26(27)30-33(20-22-7-2-1-3-8-22,32(41)39-37-21-23-11-16-28(35)29(36)19-23)38-31(43-30)24-12-14-25(15-13-24)42-18-6-17-40/h1-5,7-16,19,30,37,40H,6,17-18,20-21H2,(H,39,41)/t30-,33-/m0/s1. The molecule has 0 aromatic heterocycles. The van der Waals surface area contributed by atoms with E-state index < -0.39 is 11.6 Å². The minimum absolute atomic E-state index is 0.0625. The average molecular weight is 683 g/mol. The molecule has 0 aliphatic carbocycles. The smallest absolute Gasteiger partial charge is 0.266 e. The third-order valence-corrected chi connectivity index (χ3v) is 8.47. The van der Waals surface area contributed by atoms with Crippen LogP contribution in [0.4, 0.5) is 0 Å². The lowest BCUT2D eigenvalue weighted by Crippen LogP contribution is -2.53. The molecule has 7 nitrogen and oxygen atoms in total. The number of aliphatic hydroxyl groups excluding tert-OH is 1. The van der Waals surface area contributed by atoms with E-state index in [9.17, 15) is 4.79 Å². The number of halogens is 3. The van der Waals surface area contributed by atoms with Crippen molar-refractivity contribution < 1.29 is 19.4 Å². The van der Waals surface area contributed by atoms with Crippen LogP contribution in [0, 0.1) is 0 Å².